The Labute approximate surface area is 120 Å². The highest BCUT2D eigenvalue weighted by Crippen LogP contribution is 2.26. The minimum atomic E-state index is -0.593. The van der Waals surface area contributed by atoms with E-state index in [2.05, 4.69) is 21.2 Å². The van der Waals surface area contributed by atoms with Crippen LogP contribution in [0, 0.1) is 0 Å². The number of hydrogen-bond acceptors (Lipinski definition) is 4. The number of hydrogen-bond donors (Lipinski definition) is 2. The number of aliphatic hydroxyl groups excluding tert-OH is 1. The van der Waals surface area contributed by atoms with E-state index in [4.69, 9.17) is 8.83 Å². The zero-order valence-corrected chi connectivity index (χ0v) is 12.6. The highest BCUT2D eigenvalue weighted by atomic mass is 79.9. The maximum absolute atomic E-state index is 10.0. The van der Waals surface area contributed by atoms with Crippen molar-refractivity contribution in [2.45, 2.75) is 38.5 Å². The summed E-state index contributed by atoms with van der Waals surface area (Å²) >= 11 is 3.44. The average Bonchev–Trinajstić information content (AvgIpc) is 2.98. The topological polar surface area (TPSA) is 58.5 Å². The minimum Gasteiger partial charge on any atom is -0.467 e. The third-order valence-electron chi connectivity index (χ3n) is 3.02. The number of rotatable bonds is 6. The zero-order valence-electron chi connectivity index (χ0n) is 11.0. The second-order valence-corrected chi connectivity index (χ2v) is 5.54. The molecule has 0 aliphatic heterocycles. The monoisotopic (exact) mass is 327 g/mol. The quantitative estimate of drug-likeness (QED) is 0.847. The largest absolute Gasteiger partial charge is 0.467 e. The second-order valence-electron chi connectivity index (χ2n) is 4.69. The van der Waals surface area contributed by atoms with Gasteiger partial charge in [-0.25, -0.2) is 0 Å². The molecule has 3 unspecified atom stereocenters. The molecule has 0 aromatic carbocycles. The summed E-state index contributed by atoms with van der Waals surface area (Å²) < 4.78 is 11.6. The molecule has 4 nitrogen and oxygen atoms in total. The van der Waals surface area contributed by atoms with Crippen LogP contribution in [0.3, 0.4) is 0 Å². The summed E-state index contributed by atoms with van der Waals surface area (Å²) in [6.45, 7) is 4.05. The molecule has 0 saturated heterocycles. The molecule has 0 spiro atoms. The van der Waals surface area contributed by atoms with E-state index < -0.39 is 6.10 Å². The molecule has 3 atom stereocenters. The number of furan rings is 2. The third kappa shape index (κ3) is 3.72. The van der Waals surface area contributed by atoms with Crippen LogP contribution in [-0.2, 0) is 0 Å². The van der Waals surface area contributed by atoms with E-state index in [-0.39, 0.29) is 12.1 Å². The predicted octanol–water partition coefficient (Wildman–Crippen LogP) is 3.80. The van der Waals surface area contributed by atoms with Crippen molar-refractivity contribution in [3.8, 4) is 0 Å². The Morgan fingerprint density at radius 2 is 2.05 bits per heavy atom. The van der Waals surface area contributed by atoms with Crippen LogP contribution in [0.4, 0.5) is 0 Å². The van der Waals surface area contributed by atoms with Gasteiger partial charge in [-0.05, 0) is 54.4 Å². The Bertz CT molecular complexity index is 495. The lowest BCUT2D eigenvalue weighted by Crippen LogP contribution is -2.30. The number of halogens is 1. The fraction of sp³-hybridized carbons (Fsp3) is 0.429. The normalized spacial score (nSPS) is 16.2. The van der Waals surface area contributed by atoms with Crippen molar-refractivity contribution < 1.29 is 13.9 Å². The number of nitrogens with one attached hydrogen (secondary N) is 1. The summed E-state index contributed by atoms with van der Waals surface area (Å²) in [6, 6.07) is 5.63. The van der Waals surface area contributed by atoms with Gasteiger partial charge in [-0.2, -0.15) is 0 Å². The van der Waals surface area contributed by atoms with Crippen molar-refractivity contribution in [1.29, 1.82) is 0 Å². The van der Waals surface area contributed by atoms with Gasteiger partial charge in [0.1, 0.15) is 17.6 Å². The molecule has 2 aromatic rings. The Morgan fingerprint density at radius 1 is 1.26 bits per heavy atom. The minimum absolute atomic E-state index is 0.0724. The first-order valence-electron chi connectivity index (χ1n) is 6.28. The van der Waals surface area contributed by atoms with Crippen LogP contribution in [0.25, 0.3) is 0 Å². The highest BCUT2D eigenvalue weighted by molar-refractivity contribution is 9.10. The molecule has 0 aliphatic rings. The van der Waals surface area contributed by atoms with Crippen molar-refractivity contribution in [3.05, 3.63) is 46.7 Å². The van der Waals surface area contributed by atoms with E-state index in [1.54, 1.807) is 24.7 Å². The molecular weight excluding hydrogens is 310 g/mol. The standard InChI is InChI=1S/C14H18BrNO3/c1-9(8-12(17)13-4-3-6-18-13)16-10(2)14-11(15)5-7-19-14/h3-7,9-10,12,16-17H,8H2,1-2H3. The molecule has 19 heavy (non-hydrogen) atoms. The number of aliphatic hydroxyl groups is 1. The fourth-order valence-corrected chi connectivity index (χ4v) is 2.66. The maximum atomic E-state index is 10.0. The molecule has 2 N–H and O–H groups in total. The van der Waals surface area contributed by atoms with E-state index in [0.29, 0.717) is 12.2 Å². The summed E-state index contributed by atoms with van der Waals surface area (Å²) in [5.74, 6) is 1.46. The molecule has 0 fully saturated rings. The summed E-state index contributed by atoms with van der Waals surface area (Å²) in [5, 5.41) is 13.4. The van der Waals surface area contributed by atoms with Crippen LogP contribution < -0.4 is 5.32 Å². The molecule has 0 aliphatic carbocycles. The first kappa shape index (κ1) is 14.4. The lowest BCUT2D eigenvalue weighted by molar-refractivity contribution is 0.126. The van der Waals surface area contributed by atoms with Crippen LogP contribution >= 0.6 is 15.9 Å². The van der Waals surface area contributed by atoms with Crippen LogP contribution in [0.2, 0.25) is 0 Å². The van der Waals surface area contributed by atoms with Gasteiger partial charge in [0.15, 0.2) is 0 Å². The van der Waals surface area contributed by atoms with Gasteiger partial charge < -0.3 is 19.3 Å². The van der Waals surface area contributed by atoms with Gasteiger partial charge in [-0.1, -0.05) is 0 Å². The van der Waals surface area contributed by atoms with Gasteiger partial charge in [0, 0.05) is 6.04 Å². The molecule has 2 aromatic heterocycles. The zero-order chi connectivity index (χ0) is 13.8. The Balaban J connectivity index is 1.87. The Morgan fingerprint density at radius 3 is 2.63 bits per heavy atom. The predicted molar refractivity (Wildman–Crippen MR) is 75.7 cm³/mol. The van der Waals surface area contributed by atoms with Gasteiger partial charge in [-0.3, -0.25) is 0 Å². The van der Waals surface area contributed by atoms with E-state index in [1.165, 1.54) is 0 Å². The van der Waals surface area contributed by atoms with E-state index in [1.807, 2.05) is 19.9 Å². The molecule has 5 heteroatoms. The second kappa shape index (κ2) is 6.41. The molecule has 2 heterocycles. The van der Waals surface area contributed by atoms with Crippen LogP contribution in [0.5, 0.6) is 0 Å². The summed E-state index contributed by atoms with van der Waals surface area (Å²) in [4.78, 5) is 0. The van der Waals surface area contributed by atoms with Crippen molar-refractivity contribution in [2.75, 3.05) is 0 Å². The fourth-order valence-electron chi connectivity index (χ4n) is 2.12. The van der Waals surface area contributed by atoms with Crippen LogP contribution in [0.1, 0.15) is 43.9 Å². The van der Waals surface area contributed by atoms with Crippen LogP contribution in [0.15, 0.2) is 44.0 Å². The smallest absolute Gasteiger partial charge is 0.134 e. The first-order valence-corrected chi connectivity index (χ1v) is 7.07. The Hall–Kier alpha value is -1.04. The molecule has 0 bridgehead atoms. The van der Waals surface area contributed by atoms with Crippen molar-refractivity contribution in [1.82, 2.24) is 5.32 Å². The summed E-state index contributed by atoms with van der Waals surface area (Å²) in [7, 11) is 0. The lowest BCUT2D eigenvalue weighted by atomic mass is 10.1. The molecule has 0 radical (unpaired) electrons. The van der Waals surface area contributed by atoms with E-state index >= 15 is 0 Å². The summed E-state index contributed by atoms with van der Waals surface area (Å²) in [5.41, 5.74) is 0. The highest BCUT2D eigenvalue weighted by Gasteiger charge is 2.19. The van der Waals surface area contributed by atoms with E-state index in [9.17, 15) is 5.11 Å². The molecule has 0 amide bonds. The van der Waals surface area contributed by atoms with Gasteiger partial charge in [0.2, 0.25) is 0 Å². The molecule has 0 saturated carbocycles. The molecule has 2 rings (SSSR count). The third-order valence-corrected chi connectivity index (χ3v) is 3.68. The van der Waals surface area contributed by atoms with Crippen molar-refractivity contribution in [2.24, 2.45) is 0 Å². The first-order chi connectivity index (χ1) is 9.08. The van der Waals surface area contributed by atoms with E-state index in [0.717, 1.165) is 10.2 Å². The Kier molecular flexibility index (Phi) is 4.85. The van der Waals surface area contributed by atoms with Crippen LogP contribution in [-0.4, -0.2) is 11.1 Å². The van der Waals surface area contributed by atoms with Crippen molar-refractivity contribution in [3.63, 3.8) is 0 Å². The molecular formula is C14H18BrNO3. The maximum Gasteiger partial charge on any atom is 0.134 e. The van der Waals surface area contributed by atoms with Gasteiger partial charge >= 0.3 is 0 Å². The van der Waals surface area contributed by atoms with Gasteiger partial charge in [0.05, 0.1) is 23.0 Å². The van der Waals surface area contributed by atoms with Gasteiger partial charge in [-0.15, -0.1) is 0 Å². The summed E-state index contributed by atoms with van der Waals surface area (Å²) in [6.07, 6.45) is 3.21. The van der Waals surface area contributed by atoms with Gasteiger partial charge in [0.25, 0.3) is 0 Å². The average molecular weight is 328 g/mol. The van der Waals surface area contributed by atoms with Crippen molar-refractivity contribution >= 4 is 15.9 Å². The molecule has 104 valence electrons. The lowest BCUT2D eigenvalue weighted by Gasteiger charge is -2.20. The SMILES string of the molecule is CC(CC(O)c1ccco1)NC(C)c1occc1Br.